The summed E-state index contributed by atoms with van der Waals surface area (Å²) in [5, 5.41) is 8.78. The van der Waals surface area contributed by atoms with Crippen LogP contribution in [0.4, 0.5) is 0 Å². The van der Waals surface area contributed by atoms with Crippen molar-refractivity contribution in [2.75, 3.05) is 13.3 Å². The van der Waals surface area contributed by atoms with Gasteiger partial charge in [-0.25, -0.2) is 0 Å². The van der Waals surface area contributed by atoms with Crippen LogP contribution < -0.4 is 9.47 Å². The van der Waals surface area contributed by atoms with Crippen LogP contribution in [0.5, 0.6) is 11.5 Å². The minimum atomic E-state index is -1.10. The Bertz CT molecular complexity index is 685. The maximum absolute atomic E-state index is 12.1. The number of carbonyl (C=O) groups excluding carboxylic acids is 1. The third-order valence-electron chi connectivity index (χ3n) is 2.86. The van der Waals surface area contributed by atoms with E-state index < -0.39 is 18.4 Å². The first kappa shape index (κ1) is 13.9. The highest BCUT2D eigenvalue weighted by molar-refractivity contribution is 8.26. The van der Waals surface area contributed by atoms with Crippen molar-refractivity contribution >= 4 is 46.3 Å². The highest BCUT2D eigenvalue weighted by Crippen LogP contribution is 2.36. The number of nitrogens with zero attached hydrogens (tertiary/aromatic N) is 1. The normalized spacial score (nSPS) is 18.7. The minimum absolute atomic E-state index is 0.180. The van der Waals surface area contributed by atoms with E-state index in [-0.39, 0.29) is 11.1 Å². The summed E-state index contributed by atoms with van der Waals surface area (Å²) in [5.41, 5.74) is 0.759. The Morgan fingerprint density at radius 1 is 1.43 bits per heavy atom. The van der Waals surface area contributed by atoms with Gasteiger partial charge in [-0.3, -0.25) is 14.5 Å². The fourth-order valence-corrected chi connectivity index (χ4v) is 3.18. The van der Waals surface area contributed by atoms with Crippen molar-refractivity contribution in [3.63, 3.8) is 0 Å². The molecule has 2 aliphatic heterocycles. The second kappa shape index (κ2) is 5.38. The molecule has 1 N–H and O–H groups in total. The maximum atomic E-state index is 12.1. The molecule has 1 fully saturated rings. The van der Waals surface area contributed by atoms with Gasteiger partial charge in [-0.1, -0.05) is 30.0 Å². The average molecular weight is 323 g/mol. The van der Waals surface area contributed by atoms with Crippen molar-refractivity contribution in [2.24, 2.45) is 0 Å². The molecule has 1 amide bonds. The second-order valence-corrected chi connectivity index (χ2v) is 5.95. The monoisotopic (exact) mass is 323 g/mol. The minimum Gasteiger partial charge on any atom is -0.480 e. The zero-order chi connectivity index (χ0) is 15.0. The number of thiocarbonyl (C=S) groups is 1. The van der Waals surface area contributed by atoms with E-state index >= 15 is 0 Å². The quantitative estimate of drug-likeness (QED) is 0.670. The summed E-state index contributed by atoms with van der Waals surface area (Å²) in [6, 6.07) is 5.30. The molecule has 0 radical (unpaired) electrons. The molecular weight excluding hydrogens is 314 g/mol. The highest BCUT2D eigenvalue weighted by Gasteiger charge is 2.33. The van der Waals surface area contributed by atoms with E-state index in [0.717, 1.165) is 22.2 Å². The topological polar surface area (TPSA) is 76.1 Å². The van der Waals surface area contributed by atoms with Crippen LogP contribution in [0.2, 0.25) is 0 Å². The predicted octanol–water partition coefficient (Wildman–Crippen LogP) is 1.70. The molecule has 0 aliphatic carbocycles. The summed E-state index contributed by atoms with van der Waals surface area (Å²) >= 11 is 6.11. The van der Waals surface area contributed by atoms with Gasteiger partial charge in [0.15, 0.2) is 11.5 Å². The maximum Gasteiger partial charge on any atom is 0.323 e. The molecule has 21 heavy (non-hydrogen) atoms. The van der Waals surface area contributed by atoms with E-state index in [9.17, 15) is 9.59 Å². The molecule has 6 nitrogen and oxygen atoms in total. The summed E-state index contributed by atoms with van der Waals surface area (Å²) in [5.74, 6) is -0.226. The Balaban J connectivity index is 1.85. The van der Waals surface area contributed by atoms with Gasteiger partial charge in [0.1, 0.15) is 10.9 Å². The molecule has 0 atom stereocenters. The number of fused-ring (bicyclic) bond motifs is 1. The average Bonchev–Trinajstić information content (AvgIpc) is 2.98. The smallest absolute Gasteiger partial charge is 0.323 e. The Labute approximate surface area is 129 Å². The van der Waals surface area contributed by atoms with Gasteiger partial charge < -0.3 is 14.6 Å². The molecule has 2 aliphatic rings. The third-order valence-corrected chi connectivity index (χ3v) is 4.24. The van der Waals surface area contributed by atoms with Gasteiger partial charge in [-0.15, -0.1) is 0 Å². The van der Waals surface area contributed by atoms with E-state index in [2.05, 4.69) is 0 Å². The van der Waals surface area contributed by atoms with Gasteiger partial charge in [0.25, 0.3) is 5.91 Å². The molecule has 108 valence electrons. The zero-order valence-corrected chi connectivity index (χ0v) is 12.2. The number of amides is 1. The standard InChI is InChI=1S/C13H9NO5S2/c15-11(16)5-14-12(17)10(21-13(14)20)4-7-1-2-8-9(3-7)19-6-18-8/h1-4H,5-6H2,(H,15,16)/b10-4+. The summed E-state index contributed by atoms with van der Waals surface area (Å²) in [7, 11) is 0. The lowest BCUT2D eigenvalue weighted by Crippen LogP contribution is -2.33. The number of hydrogen-bond donors (Lipinski definition) is 1. The van der Waals surface area contributed by atoms with Crippen LogP contribution in [-0.4, -0.2) is 39.5 Å². The van der Waals surface area contributed by atoms with Crippen LogP contribution in [0.3, 0.4) is 0 Å². The number of ether oxygens (including phenoxy) is 2. The lowest BCUT2D eigenvalue weighted by Gasteiger charge is -2.10. The summed E-state index contributed by atoms with van der Waals surface area (Å²) < 4.78 is 10.7. The fraction of sp³-hybridized carbons (Fsp3) is 0.154. The van der Waals surface area contributed by atoms with Crippen LogP contribution >= 0.6 is 24.0 Å². The van der Waals surface area contributed by atoms with Gasteiger partial charge in [0, 0.05) is 0 Å². The van der Waals surface area contributed by atoms with E-state index in [4.69, 9.17) is 26.8 Å². The Morgan fingerprint density at radius 2 is 2.19 bits per heavy atom. The Hall–Kier alpha value is -2.06. The molecule has 0 saturated carbocycles. The van der Waals surface area contributed by atoms with Crippen molar-refractivity contribution in [3.05, 3.63) is 28.7 Å². The molecule has 0 unspecified atom stereocenters. The van der Waals surface area contributed by atoms with Gasteiger partial charge in [0.2, 0.25) is 6.79 Å². The SMILES string of the molecule is O=C(O)CN1C(=O)/C(=C\c2ccc3c(c2)OCO3)SC1=S. The number of rotatable bonds is 3. The van der Waals surface area contributed by atoms with E-state index in [0.29, 0.717) is 16.4 Å². The van der Waals surface area contributed by atoms with E-state index in [1.807, 2.05) is 0 Å². The van der Waals surface area contributed by atoms with Gasteiger partial charge in [0.05, 0.1) is 4.91 Å². The van der Waals surface area contributed by atoms with Crippen LogP contribution in [-0.2, 0) is 9.59 Å². The van der Waals surface area contributed by atoms with Gasteiger partial charge >= 0.3 is 5.97 Å². The molecule has 1 aromatic rings. The molecular formula is C13H9NO5S2. The van der Waals surface area contributed by atoms with Crippen LogP contribution in [0.25, 0.3) is 6.08 Å². The van der Waals surface area contributed by atoms with Crippen LogP contribution in [0.1, 0.15) is 5.56 Å². The molecule has 8 heteroatoms. The largest absolute Gasteiger partial charge is 0.480 e. The summed E-state index contributed by atoms with van der Waals surface area (Å²) in [6.45, 7) is -0.247. The molecule has 0 spiro atoms. The molecule has 0 aromatic heterocycles. The van der Waals surface area contributed by atoms with Gasteiger partial charge in [-0.05, 0) is 23.8 Å². The van der Waals surface area contributed by atoms with Crippen molar-refractivity contribution in [1.29, 1.82) is 0 Å². The number of carboxylic acids is 1. The molecule has 2 heterocycles. The molecule has 1 saturated heterocycles. The van der Waals surface area contributed by atoms with Crippen molar-refractivity contribution in [2.45, 2.75) is 0 Å². The molecule has 1 aromatic carbocycles. The Morgan fingerprint density at radius 3 is 2.95 bits per heavy atom. The van der Waals surface area contributed by atoms with Crippen LogP contribution in [0, 0.1) is 0 Å². The first-order valence-electron chi connectivity index (χ1n) is 5.91. The predicted molar refractivity (Wildman–Crippen MR) is 80.1 cm³/mol. The zero-order valence-electron chi connectivity index (χ0n) is 10.6. The first-order chi connectivity index (χ1) is 10.0. The van der Waals surface area contributed by atoms with Crippen molar-refractivity contribution in [3.8, 4) is 11.5 Å². The number of benzene rings is 1. The van der Waals surface area contributed by atoms with Crippen LogP contribution in [0.15, 0.2) is 23.1 Å². The number of carbonyl (C=O) groups is 2. The van der Waals surface area contributed by atoms with Crippen molar-refractivity contribution < 1.29 is 24.2 Å². The summed E-state index contributed by atoms with van der Waals surface area (Å²) in [4.78, 5) is 24.3. The lowest BCUT2D eigenvalue weighted by molar-refractivity contribution is -0.140. The summed E-state index contributed by atoms with van der Waals surface area (Å²) in [6.07, 6.45) is 1.66. The highest BCUT2D eigenvalue weighted by atomic mass is 32.2. The van der Waals surface area contributed by atoms with E-state index in [1.54, 1.807) is 24.3 Å². The van der Waals surface area contributed by atoms with Gasteiger partial charge in [-0.2, -0.15) is 0 Å². The number of aliphatic carboxylic acids is 1. The lowest BCUT2D eigenvalue weighted by atomic mass is 10.2. The number of thioether (sulfide) groups is 1. The third kappa shape index (κ3) is 2.72. The fourth-order valence-electron chi connectivity index (χ4n) is 1.93. The second-order valence-electron chi connectivity index (χ2n) is 4.27. The number of hydrogen-bond acceptors (Lipinski definition) is 6. The molecule has 0 bridgehead atoms. The first-order valence-corrected chi connectivity index (χ1v) is 7.14. The molecule has 3 rings (SSSR count). The van der Waals surface area contributed by atoms with Crippen molar-refractivity contribution in [1.82, 2.24) is 4.90 Å². The van der Waals surface area contributed by atoms with E-state index in [1.165, 1.54) is 0 Å². The number of carboxylic acid groups (broad SMARTS) is 1. The Kier molecular flexibility index (Phi) is 3.56.